The molecule has 0 saturated carbocycles. The van der Waals surface area contributed by atoms with Gasteiger partial charge in [0.1, 0.15) is 5.75 Å². The van der Waals surface area contributed by atoms with Crippen molar-refractivity contribution >= 4 is 0 Å². The van der Waals surface area contributed by atoms with Crippen molar-refractivity contribution in [1.29, 1.82) is 0 Å². The molecule has 0 N–H and O–H groups in total. The maximum Gasteiger partial charge on any atom is 0.204 e. The van der Waals surface area contributed by atoms with Crippen LogP contribution in [0.15, 0.2) is 60.7 Å². The molecule has 4 aromatic carbocycles. The minimum absolute atomic E-state index is 0.0163. The summed E-state index contributed by atoms with van der Waals surface area (Å²) in [6, 6.07) is 21.5. The number of fused-ring (bicyclic) bond motifs is 2. The molecule has 5 aliphatic rings. The van der Waals surface area contributed by atoms with Gasteiger partial charge in [0.2, 0.25) is 5.75 Å². The summed E-state index contributed by atoms with van der Waals surface area (Å²) in [5, 5.41) is 0. The lowest BCUT2D eigenvalue weighted by Gasteiger charge is -2.37. The summed E-state index contributed by atoms with van der Waals surface area (Å²) >= 11 is 0. The van der Waals surface area contributed by atoms with Gasteiger partial charge in [-0.25, -0.2) is 0 Å². The normalized spacial score (nSPS) is 20.2. The first-order chi connectivity index (χ1) is 26.4. The van der Waals surface area contributed by atoms with Crippen LogP contribution in [0.3, 0.4) is 0 Å². The Morgan fingerprint density at radius 1 is 0.667 bits per heavy atom. The highest BCUT2D eigenvalue weighted by molar-refractivity contribution is 5.64. The fourth-order valence-electron chi connectivity index (χ4n) is 8.52. The van der Waals surface area contributed by atoms with Crippen molar-refractivity contribution in [1.82, 2.24) is 14.7 Å². The number of hydrogen-bond acceptors (Lipinski definition) is 10. The van der Waals surface area contributed by atoms with E-state index in [1.807, 2.05) is 0 Å². The second kappa shape index (κ2) is 16.1. The third kappa shape index (κ3) is 7.45. The molecule has 5 heterocycles. The van der Waals surface area contributed by atoms with Crippen molar-refractivity contribution in [3.63, 3.8) is 0 Å². The average molecular weight is 736 g/mol. The van der Waals surface area contributed by atoms with E-state index in [1.54, 1.807) is 21.3 Å². The van der Waals surface area contributed by atoms with Gasteiger partial charge in [-0.1, -0.05) is 18.2 Å². The van der Waals surface area contributed by atoms with Crippen molar-refractivity contribution in [3.8, 4) is 46.0 Å². The molecule has 0 unspecified atom stereocenters. The standard InChI is InChI=1S/C44H53N3O7/c1-45-16-13-31-26-38(48-3)40-28-34(31)35(45)23-29-7-10-33(11-8-29)53-39-25-30(9-12-37(39)52-20-6-15-47-18-21-51-22-19-47)24-36-42-32(14-17-46(36)2)27-41(49-4)43(50-5)44(42)54-40/h7-12,25-28,35-36H,6,13-24H2,1-5H3/t35-,36+/m0/s1. The van der Waals surface area contributed by atoms with Crippen molar-refractivity contribution in [2.45, 2.75) is 44.2 Å². The highest BCUT2D eigenvalue weighted by Gasteiger charge is 2.35. The third-order valence-corrected chi connectivity index (χ3v) is 11.6. The maximum absolute atomic E-state index is 7.10. The minimum atomic E-state index is -0.0163. The lowest BCUT2D eigenvalue weighted by molar-refractivity contribution is 0.0357. The molecule has 4 aromatic rings. The van der Waals surface area contributed by atoms with Crippen LogP contribution in [0.2, 0.25) is 0 Å². The highest BCUT2D eigenvalue weighted by Crippen LogP contribution is 2.52. The van der Waals surface area contributed by atoms with Crippen LogP contribution < -0.4 is 28.4 Å². The van der Waals surface area contributed by atoms with E-state index < -0.39 is 0 Å². The summed E-state index contributed by atoms with van der Waals surface area (Å²) in [4.78, 5) is 7.28. The average Bonchev–Trinajstić information content (AvgIpc) is 3.19. The van der Waals surface area contributed by atoms with E-state index in [4.69, 9.17) is 33.2 Å². The number of ether oxygens (including phenoxy) is 7. The van der Waals surface area contributed by atoms with Crippen molar-refractivity contribution in [3.05, 3.63) is 94.0 Å². The molecule has 0 radical (unpaired) electrons. The number of morpholine rings is 1. The second-order valence-electron chi connectivity index (χ2n) is 14.9. The fraction of sp³-hybridized carbons (Fsp3) is 0.455. The van der Waals surface area contributed by atoms with Gasteiger partial charge >= 0.3 is 0 Å². The molecule has 1 saturated heterocycles. The Balaban J connectivity index is 1.23. The predicted molar refractivity (Wildman–Crippen MR) is 209 cm³/mol. The Bertz CT molecular complexity index is 1940. The van der Waals surface area contributed by atoms with Gasteiger partial charge < -0.3 is 33.2 Å². The lowest BCUT2D eigenvalue weighted by Crippen LogP contribution is -2.37. The Hall–Kier alpha value is -4.48. The molecule has 54 heavy (non-hydrogen) atoms. The summed E-state index contributed by atoms with van der Waals surface area (Å²) in [6.45, 7) is 6.98. The van der Waals surface area contributed by atoms with Gasteiger partial charge in [-0.3, -0.25) is 14.7 Å². The number of benzene rings is 4. The van der Waals surface area contributed by atoms with E-state index in [2.05, 4.69) is 89.5 Å². The summed E-state index contributed by atoms with van der Waals surface area (Å²) in [5.41, 5.74) is 7.17. The highest BCUT2D eigenvalue weighted by atomic mass is 16.5. The van der Waals surface area contributed by atoms with E-state index in [-0.39, 0.29) is 12.1 Å². The molecular formula is C44H53N3O7. The molecule has 0 aromatic heterocycles. The first-order valence-electron chi connectivity index (χ1n) is 19.3. The summed E-state index contributed by atoms with van der Waals surface area (Å²) in [5.74, 6) is 5.50. The van der Waals surface area contributed by atoms with Crippen LogP contribution in [0.1, 0.15) is 51.9 Å². The Kier molecular flexibility index (Phi) is 10.9. The molecule has 10 nitrogen and oxygen atoms in total. The summed E-state index contributed by atoms with van der Waals surface area (Å²) in [7, 11) is 9.47. The van der Waals surface area contributed by atoms with E-state index in [1.165, 1.54) is 22.3 Å². The SMILES string of the molecule is COc1cc2c3cc1Oc1c(OC)c(OC)cc4c1[C@@H](Cc1ccc(OCCCN5CCOCC5)c(c1)Oc1ccc(cc1)C[C@@H]3N(C)CC2)N(C)CC4. The van der Waals surface area contributed by atoms with Gasteiger partial charge in [0.25, 0.3) is 0 Å². The predicted octanol–water partition coefficient (Wildman–Crippen LogP) is 7.25. The topological polar surface area (TPSA) is 74.3 Å². The van der Waals surface area contributed by atoms with Gasteiger partial charge in [-0.15, -0.1) is 0 Å². The minimum Gasteiger partial charge on any atom is -0.493 e. The van der Waals surface area contributed by atoms with Crippen LogP contribution in [0.25, 0.3) is 0 Å². The summed E-state index contributed by atoms with van der Waals surface area (Å²) in [6.07, 6.45) is 4.28. The van der Waals surface area contributed by atoms with E-state index in [0.29, 0.717) is 41.1 Å². The number of likely N-dealkylation sites (N-methyl/N-ethyl adjacent to an activating group) is 2. The molecule has 0 spiro atoms. The van der Waals surface area contributed by atoms with E-state index in [0.717, 1.165) is 101 Å². The zero-order valence-electron chi connectivity index (χ0n) is 32.3. The largest absolute Gasteiger partial charge is 0.493 e. The van der Waals surface area contributed by atoms with Crippen LogP contribution in [0.5, 0.6) is 46.0 Å². The van der Waals surface area contributed by atoms with Crippen LogP contribution in [0.4, 0.5) is 0 Å². The van der Waals surface area contributed by atoms with Crippen LogP contribution >= 0.6 is 0 Å². The van der Waals surface area contributed by atoms with Gasteiger partial charge in [-0.2, -0.15) is 0 Å². The number of hydrogen-bond donors (Lipinski definition) is 0. The summed E-state index contributed by atoms with van der Waals surface area (Å²) < 4.78 is 43.8. The quantitative estimate of drug-likeness (QED) is 0.173. The van der Waals surface area contributed by atoms with Gasteiger partial charge in [0.15, 0.2) is 34.5 Å². The smallest absolute Gasteiger partial charge is 0.204 e. The first kappa shape index (κ1) is 36.5. The maximum atomic E-state index is 7.10. The second-order valence-corrected chi connectivity index (χ2v) is 14.9. The van der Waals surface area contributed by atoms with Crippen molar-refractivity contribution < 1.29 is 33.2 Å². The molecule has 5 aliphatic heterocycles. The van der Waals surface area contributed by atoms with Crippen molar-refractivity contribution in [2.75, 3.05) is 88.0 Å². The Morgan fingerprint density at radius 2 is 1.35 bits per heavy atom. The molecule has 286 valence electrons. The van der Waals surface area contributed by atoms with Crippen LogP contribution in [-0.4, -0.2) is 103 Å². The monoisotopic (exact) mass is 735 g/mol. The van der Waals surface area contributed by atoms with Gasteiger partial charge in [0.05, 0.1) is 41.2 Å². The molecule has 0 aliphatic carbocycles. The number of rotatable bonds is 8. The Labute approximate surface area is 319 Å². The molecular weight excluding hydrogens is 682 g/mol. The zero-order chi connectivity index (χ0) is 37.2. The van der Waals surface area contributed by atoms with Crippen LogP contribution in [-0.2, 0) is 30.4 Å². The molecule has 1 fully saturated rings. The molecule has 10 heteroatoms. The van der Waals surface area contributed by atoms with Crippen LogP contribution in [0, 0.1) is 0 Å². The van der Waals surface area contributed by atoms with Gasteiger partial charge in [0, 0.05) is 50.4 Å². The first-order valence-corrected chi connectivity index (χ1v) is 19.3. The zero-order valence-corrected chi connectivity index (χ0v) is 32.3. The van der Waals surface area contributed by atoms with E-state index >= 15 is 0 Å². The third-order valence-electron chi connectivity index (χ3n) is 11.6. The lowest BCUT2D eigenvalue weighted by atomic mass is 9.87. The van der Waals surface area contributed by atoms with Gasteiger partial charge in [-0.05, 0) is 116 Å². The van der Waals surface area contributed by atoms with E-state index in [9.17, 15) is 0 Å². The molecule has 6 bridgehead atoms. The van der Waals surface area contributed by atoms with Crippen molar-refractivity contribution in [2.24, 2.45) is 0 Å². The fourth-order valence-corrected chi connectivity index (χ4v) is 8.52. The molecule has 9 rings (SSSR count). The molecule has 2 atom stereocenters. The Morgan fingerprint density at radius 3 is 2.11 bits per heavy atom. The number of nitrogens with zero attached hydrogens (tertiary/aromatic N) is 3. The molecule has 0 amide bonds. The number of methoxy groups -OCH3 is 3.